The van der Waals surface area contributed by atoms with Crippen molar-refractivity contribution in [2.75, 3.05) is 6.54 Å². The molecule has 1 unspecified atom stereocenters. The summed E-state index contributed by atoms with van der Waals surface area (Å²) < 4.78 is 0. The molecule has 1 aromatic rings. The third-order valence-electron chi connectivity index (χ3n) is 3.00. The maximum atomic E-state index is 5.72. The average Bonchev–Trinajstić information content (AvgIpc) is 2.21. The Kier molecular flexibility index (Phi) is 4.15. The standard InChI is InChI=1S/C13H21N/c1-4-13(11(3)9-14)12-7-5-10(2)6-8-12/h5-8,11,13H,4,9,14H2,1-3H3/t11-,13?/m1/s1. The predicted octanol–water partition coefficient (Wildman–Crippen LogP) is 3.08. The second-order valence-electron chi connectivity index (χ2n) is 4.14. The molecule has 0 saturated heterocycles. The highest BCUT2D eigenvalue weighted by Gasteiger charge is 2.15. The largest absolute Gasteiger partial charge is 0.330 e. The molecule has 1 aromatic carbocycles. The van der Waals surface area contributed by atoms with Crippen molar-refractivity contribution in [1.82, 2.24) is 0 Å². The van der Waals surface area contributed by atoms with E-state index in [4.69, 9.17) is 5.73 Å². The van der Waals surface area contributed by atoms with Gasteiger partial charge in [-0.1, -0.05) is 43.7 Å². The Morgan fingerprint density at radius 1 is 1.21 bits per heavy atom. The van der Waals surface area contributed by atoms with Gasteiger partial charge in [0.2, 0.25) is 0 Å². The number of hydrogen-bond acceptors (Lipinski definition) is 1. The summed E-state index contributed by atoms with van der Waals surface area (Å²) in [5.41, 5.74) is 8.47. The second-order valence-corrected chi connectivity index (χ2v) is 4.14. The Morgan fingerprint density at radius 2 is 1.79 bits per heavy atom. The van der Waals surface area contributed by atoms with Crippen molar-refractivity contribution in [1.29, 1.82) is 0 Å². The minimum absolute atomic E-state index is 0.572. The number of rotatable bonds is 4. The van der Waals surface area contributed by atoms with Gasteiger partial charge in [-0.25, -0.2) is 0 Å². The highest BCUT2D eigenvalue weighted by Crippen LogP contribution is 2.27. The fourth-order valence-corrected chi connectivity index (χ4v) is 1.94. The lowest BCUT2D eigenvalue weighted by Crippen LogP contribution is -2.18. The Morgan fingerprint density at radius 3 is 2.21 bits per heavy atom. The van der Waals surface area contributed by atoms with E-state index < -0.39 is 0 Å². The van der Waals surface area contributed by atoms with Crippen LogP contribution < -0.4 is 5.73 Å². The van der Waals surface area contributed by atoms with E-state index >= 15 is 0 Å². The first-order chi connectivity index (χ1) is 6.69. The summed E-state index contributed by atoms with van der Waals surface area (Å²) in [6.07, 6.45) is 1.17. The van der Waals surface area contributed by atoms with Gasteiger partial charge in [0.25, 0.3) is 0 Å². The van der Waals surface area contributed by atoms with Gasteiger partial charge in [0.15, 0.2) is 0 Å². The van der Waals surface area contributed by atoms with E-state index in [2.05, 4.69) is 45.0 Å². The number of aryl methyl sites for hydroxylation is 1. The molecule has 0 heterocycles. The summed E-state index contributed by atoms with van der Waals surface area (Å²) in [5.74, 6) is 1.18. The molecule has 0 saturated carbocycles. The van der Waals surface area contributed by atoms with Crippen molar-refractivity contribution in [3.63, 3.8) is 0 Å². The normalized spacial score (nSPS) is 15.1. The van der Waals surface area contributed by atoms with Crippen LogP contribution >= 0.6 is 0 Å². The van der Waals surface area contributed by atoms with Gasteiger partial charge in [0.05, 0.1) is 0 Å². The Hall–Kier alpha value is -0.820. The van der Waals surface area contributed by atoms with E-state index in [-0.39, 0.29) is 0 Å². The summed E-state index contributed by atoms with van der Waals surface area (Å²) >= 11 is 0. The van der Waals surface area contributed by atoms with Crippen LogP contribution in [0.15, 0.2) is 24.3 Å². The minimum Gasteiger partial charge on any atom is -0.330 e. The maximum absolute atomic E-state index is 5.72. The van der Waals surface area contributed by atoms with Crippen LogP contribution in [-0.4, -0.2) is 6.54 Å². The van der Waals surface area contributed by atoms with Crippen molar-refractivity contribution < 1.29 is 0 Å². The molecule has 78 valence electrons. The third kappa shape index (κ3) is 2.58. The molecule has 0 aliphatic heterocycles. The molecule has 0 aliphatic carbocycles. The summed E-state index contributed by atoms with van der Waals surface area (Å²) in [6.45, 7) is 7.36. The van der Waals surface area contributed by atoms with E-state index in [0.29, 0.717) is 11.8 Å². The SMILES string of the molecule is CCC(c1ccc(C)cc1)[C@H](C)CN. The summed E-state index contributed by atoms with van der Waals surface area (Å²) in [7, 11) is 0. The molecular weight excluding hydrogens is 170 g/mol. The van der Waals surface area contributed by atoms with Gasteiger partial charge in [-0.05, 0) is 37.3 Å². The molecule has 0 aliphatic rings. The van der Waals surface area contributed by atoms with E-state index in [1.54, 1.807) is 0 Å². The van der Waals surface area contributed by atoms with Crippen molar-refractivity contribution in [3.05, 3.63) is 35.4 Å². The van der Waals surface area contributed by atoms with Crippen molar-refractivity contribution in [3.8, 4) is 0 Å². The highest BCUT2D eigenvalue weighted by molar-refractivity contribution is 5.24. The lowest BCUT2D eigenvalue weighted by atomic mass is 9.85. The Labute approximate surface area is 87.3 Å². The van der Waals surface area contributed by atoms with Crippen molar-refractivity contribution in [2.45, 2.75) is 33.1 Å². The minimum atomic E-state index is 0.572. The van der Waals surface area contributed by atoms with E-state index in [9.17, 15) is 0 Å². The zero-order valence-electron chi connectivity index (χ0n) is 9.46. The van der Waals surface area contributed by atoms with Gasteiger partial charge >= 0.3 is 0 Å². The summed E-state index contributed by atoms with van der Waals surface area (Å²) in [4.78, 5) is 0. The zero-order valence-corrected chi connectivity index (χ0v) is 9.46. The smallest absolute Gasteiger partial charge is 0.00457 e. The van der Waals surface area contributed by atoms with Gasteiger partial charge in [-0.15, -0.1) is 0 Å². The molecule has 2 N–H and O–H groups in total. The van der Waals surface area contributed by atoms with Crippen LogP contribution in [0.25, 0.3) is 0 Å². The molecule has 0 bridgehead atoms. The van der Waals surface area contributed by atoms with Crippen LogP contribution in [0, 0.1) is 12.8 Å². The number of nitrogens with two attached hydrogens (primary N) is 1. The van der Waals surface area contributed by atoms with E-state index in [0.717, 1.165) is 6.54 Å². The monoisotopic (exact) mass is 191 g/mol. The Bertz CT molecular complexity index is 263. The lowest BCUT2D eigenvalue weighted by molar-refractivity contribution is 0.457. The van der Waals surface area contributed by atoms with Crippen LogP contribution in [0.5, 0.6) is 0 Å². The number of benzene rings is 1. The molecule has 0 amide bonds. The fraction of sp³-hybridized carbons (Fsp3) is 0.538. The molecule has 1 nitrogen and oxygen atoms in total. The topological polar surface area (TPSA) is 26.0 Å². The van der Waals surface area contributed by atoms with Crippen LogP contribution in [0.3, 0.4) is 0 Å². The molecule has 1 rings (SSSR count). The first-order valence-electron chi connectivity index (χ1n) is 5.45. The average molecular weight is 191 g/mol. The summed E-state index contributed by atoms with van der Waals surface area (Å²) in [5, 5.41) is 0. The lowest BCUT2D eigenvalue weighted by Gasteiger charge is -2.21. The zero-order chi connectivity index (χ0) is 10.6. The highest BCUT2D eigenvalue weighted by atomic mass is 14.5. The number of hydrogen-bond donors (Lipinski definition) is 1. The molecule has 0 fully saturated rings. The van der Waals surface area contributed by atoms with E-state index in [1.807, 2.05) is 0 Å². The molecule has 2 atom stereocenters. The van der Waals surface area contributed by atoms with E-state index in [1.165, 1.54) is 17.5 Å². The van der Waals surface area contributed by atoms with Crippen LogP contribution in [0.2, 0.25) is 0 Å². The molecule has 14 heavy (non-hydrogen) atoms. The van der Waals surface area contributed by atoms with Gasteiger partial charge < -0.3 is 5.73 Å². The third-order valence-corrected chi connectivity index (χ3v) is 3.00. The van der Waals surface area contributed by atoms with Crippen LogP contribution in [-0.2, 0) is 0 Å². The summed E-state index contributed by atoms with van der Waals surface area (Å²) in [6, 6.07) is 8.83. The molecular formula is C13H21N. The molecule has 0 radical (unpaired) electrons. The molecule has 0 aromatic heterocycles. The Balaban J connectivity index is 2.84. The maximum Gasteiger partial charge on any atom is -0.00457 e. The van der Waals surface area contributed by atoms with Gasteiger partial charge in [-0.3, -0.25) is 0 Å². The second kappa shape index (κ2) is 5.16. The van der Waals surface area contributed by atoms with Gasteiger partial charge in [-0.2, -0.15) is 0 Å². The molecule has 0 spiro atoms. The fourth-order valence-electron chi connectivity index (χ4n) is 1.94. The van der Waals surface area contributed by atoms with Crippen molar-refractivity contribution in [2.24, 2.45) is 11.7 Å². The quantitative estimate of drug-likeness (QED) is 0.777. The van der Waals surface area contributed by atoms with Crippen LogP contribution in [0.1, 0.15) is 37.3 Å². The predicted molar refractivity (Wildman–Crippen MR) is 62.4 cm³/mol. The van der Waals surface area contributed by atoms with Gasteiger partial charge in [0, 0.05) is 0 Å². The first kappa shape index (κ1) is 11.3. The van der Waals surface area contributed by atoms with Crippen molar-refractivity contribution >= 4 is 0 Å². The van der Waals surface area contributed by atoms with Crippen LogP contribution in [0.4, 0.5) is 0 Å². The van der Waals surface area contributed by atoms with Gasteiger partial charge in [0.1, 0.15) is 0 Å². The molecule has 1 heteroatoms. The first-order valence-corrected chi connectivity index (χ1v) is 5.45.